The number of pyridine rings is 1. The van der Waals surface area contributed by atoms with Gasteiger partial charge in [-0.25, -0.2) is 9.97 Å². The minimum Gasteiger partial charge on any atom is -0.395 e. The fourth-order valence-electron chi connectivity index (χ4n) is 3.01. The molecule has 5 N–H and O–H groups in total. The number of rotatable bonds is 6. The summed E-state index contributed by atoms with van der Waals surface area (Å²) >= 11 is 0. The number of carbonyl (C=O) groups excluding carboxylic acids is 1. The highest BCUT2D eigenvalue weighted by atomic mass is 16.3. The van der Waals surface area contributed by atoms with Crippen LogP contribution in [0.25, 0.3) is 22.5 Å². The summed E-state index contributed by atoms with van der Waals surface area (Å²) in [7, 11) is 0. The molecule has 0 bridgehead atoms. The van der Waals surface area contributed by atoms with E-state index in [1.54, 1.807) is 6.07 Å². The van der Waals surface area contributed by atoms with Crippen molar-refractivity contribution in [3.63, 3.8) is 0 Å². The largest absolute Gasteiger partial charge is 0.395 e. The Morgan fingerprint density at radius 1 is 1.14 bits per heavy atom. The van der Waals surface area contributed by atoms with Gasteiger partial charge in [-0.3, -0.25) is 9.59 Å². The maximum Gasteiger partial charge on any atom is 0.273 e. The van der Waals surface area contributed by atoms with Crippen LogP contribution in [0.15, 0.2) is 47.3 Å². The summed E-state index contributed by atoms with van der Waals surface area (Å²) in [4.78, 5) is 36.2. The maximum atomic E-state index is 12.5. The third-order valence-electron chi connectivity index (χ3n) is 4.36. The van der Waals surface area contributed by atoms with Gasteiger partial charge < -0.3 is 21.1 Å². The van der Waals surface area contributed by atoms with Gasteiger partial charge in [0.15, 0.2) is 11.5 Å². The molecular weight excluding hydrogens is 370 g/mol. The number of hydrogen-bond acceptors (Lipinski definition) is 6. The zero-order valence-electron chi connectivity index (χ0n) is 16.3. The van der Waals surface area contributed by atoms with Crippen LogP contribution < -0.4 is 16.6 Å². The number of benzene rings is 1. The number of aromatic amines is 1. The summed E-state index contributed by atoms with van der Waals surface area (Å²) in [5.74, 6) is -0.535. The number of nitrogens with zero attached hydrogens (tertiary/aromatic N) is 2. The van der Waals surface area contributed by atoms with Crippen molar-refractivity contribution in [3.05, 3.63) is 64.2 Å². The van der Waals surface area contributed by atoms with Gasteiger partial charge >= 0.3 is 0 Å². The summed E-state index contributed by atoms with van der Waals surface area (Å²) in [5, 5.41) is 11.5. The summed E-state index contributed by atoms with van der Waals surface area (Å²) in [5.41, 5.74) is 8.89. The lowest BCUT2D eigenvalue weighted by Crippen LogP contribution is -2.28. The molecule has 0 aliphatic carbocycles. The fraction of sp³-hybridized carbons (Fsp3) is 0.238. The standard InChI is InChI=1S/C21H23N5O3/c1-12(2)16-14(8-9-15(28)24-16)18-17(13-6-4-3-5-7-13)26-20(22)19(25-18)21(29)23-10-11-27/h3-9,12,27H,10-11H2,1-2H3,(H2,22,26)(H,23,29)(H,24,28). The lowest BCUT2D eigenvalue weighted by atomic mass is 9.97. The molecule has 0 fully saturated rings. The van der Waals surface area contributed by atoms with Crippen LogP contribution in [0.2, 0.25) is 0 Å². The van der Waals surface area contributed by atoms with Crippen LogP contribution in [0.1, 0.15) is 35.9 Å². The molecule has 29 heavy (non-hydrogen) atoms. The summed E-state index contributed by atoms with van der Waals surface area (Å²) < 4.78 is 0. The number of aliphatic hydroxyl groups is 1. The highest BCUT2D eigenvalue weighted by molar-refractivity contribution is 5.98. The minimum absolute atomic E-state index is 0.00791. The molecule has 3 aromatic rings. The molecule has 2 heterocycles. The fourth-order valence-corrected chi connectivity index (χ4v) is 3.01. The van der Waals surface area contributed by atoms with E-state index in [1.807, 2.05) is 44.2 Å². The van der Waals surface area contributed by atoms with Gasteiger partial charge in [0, 0.05) is 29.4 Å². The van der Waals surface area contributed by atoms with Gasteiger partial charge in [0.25, 0.3) is 5.91 Å². The molecule has 0 atom stereocenters. The Kier molecular flexibility index (Phi) is 6.04. The second kappa shape index (κ2) is 8.66. The van der Waals surface area contributed by atoms with Crippen molar-refractivity contribution < 1.29 is 9.90 Å². The van der Waals surface area contributed by atoms with Crippen molar-refractivity contribution in [3.8, 4) is 22.5 Å². The van der Waals surface area contributed by atoms with E-state index in [0.717, 1.165) is 5.56 Å². The summed E-state index contributed by atoms with van der Waals surface area (Å²) in [6.07, 6.45) is 0. The van der Waals surface area contributed by atoms with Gasteiger partial charge in [0.2, 0.25) is 5.56 Å². The quantitative estimate of drug-likeness (QED) is 0.505. The van der Waals surface area contributed by atoms with Crippen molar-refractivity contribution in [1.29, 1.82) is 0 Å². The molecule has 0 saturated carbocycles. The van der Waals surface area contributed by atoms with E-state index in [1.165, 1.54) is 6.07 Å². The number of H-pyrrole nitrogens is 1. The van der Waals surface area contributed by atoms with Crippen molar-refractivity contribution in [2.45, 2.75) is 19.8 Å². The average Bonchev–Trinajstić information content (AvgIpc) is 2.72. The average molecular weight is 393 g/mol. The van der Waals surface area contributed by atoms with Crippen LogP contribution in [-0.4, -0.2) is 39.1 Å². The summed E-state index contributed by atoms with van der Waals surface area (Å²) in [6, 6.07) is 12.5. The molecule has 0 aliphatic heterocycles. The zero-order valence-corrected chi connectivity index (χ0v) is 16.3. The third-order valence-corrected chi connectivity index (χ3v) is 4.36. The minimum atomic E-state index is -0.527. The number of anilines is 1. The van der Waals surface area contributed by atoms with E-state index in [4.69, 9.17) is 10.8 Å². The Labute approximate surface area is 167 Å². The molecule has 0 saturated heterocycles. The highest BCUT2D eigenvalue weighted by Crippen LogP contribution is 2.33. The first-order chi connectivity index (χ1) is 13.9. The van der Waals surface area contributed by atoms with E-state index in [9.17, 15) is 9.59 Å². The number of carbonyl (C=O) groups is 1. The van der Waals surface area contributed by atoms with Crippen LogP contribution in [-0.2, 0) is 0 Å². The lowest BCUT2D eigenvalue weighted by Gasteiger charge is -2.16. The SMILES string of the molecule is CC(C)c1[nH]c(=O)ccc1-c1nc(C(=O)NCCO)c(N)nc1-c1ccccc1. The number of aromatic nitrogens is 3. The Bertz CT molecular complexity index is 1080. The molecule has 0 spiro atoms. The van der Waals surface area contributed by atoms with Crippen LogP contribution in [0.5, 0.6) is 0 Å². The molecule has 1 aromatic carbocycles. The number of aliphatic hydroxyl groups excluding tert-OH is 1. The first-order valence-electron chi connectivity index (χ1n) is 9.28. The van der Waals surface area contributed by atoms with Gasteiger partial charge in [-0.1, -0.05) is 44.2 Å². The van der Waals surface area contributed by atoms with Crippen molar-refractivity contribution in [1.82, 2.24) is 20.3 Å². The van der Waals surface area contributed by atoms with Gasteiger partial charge in [0.1, 0.15) is 0 Å². The molecule has 0 aliphatic rings. The van der Waals surface area contributed by atoms with E-state index in [-0.39, 0.29) is 36.1 Å². The Morgan fingerprint density at radius 3 is 2.52 bits per heavy atom. The first-order valence-corrected chi connectivity index (χ1v) is 9.28. The smallest absolute Gasteiger partial charge is 0.273 e. The topological polar surface area (TPSA) is 134 Å². The Morgan fingerprint density at radius 2 is 1.86 bits per heavy atom. The normalized spacial score (nSPS) is 10.9. The van der Waals surface area contributed by atoms with Gasteiger partial charge in [-0.15, -0.1) is 0 Å². The van der Waals surface area contributed by atoms with E-state index >= 15 is 0 Å². The van der Waals surface area contributed by atoms with E-state index in [0.29, 0.717) is 22.6 Å². The van der Waals surface area contributed by atoms with Crippen molar-refractivity contribution in [2.24, 2.45) is 0 Å². The van der Waals surface area contributed by atoms with Crippen molar-refractivity contribution in [2.75, 3.05) is 18.9 Å². The zero-order chi connectivity index (χ0) is 21.0. The van der Waals surface area contributed by atoms with Gasteiger partial charge in [0.05, 0.1) is 18.0 Å². The number of hydrogen-bond donors (Lipinski definition) is 4. The highest BCUT2D eigenvalue weighted by Gasteiger charge is 2.22. The van der Waals surface area contributed by atoms with Crippen LogP contribution in [0.3, 0.4) is 0 Å². The van der Waals surface area contributed by atoms with Gasteiger partial charge in [-0.05, 0) is 12.0 Å². The molecule has 0 radical (unpaired) electrons. The second-order valence-electron chi connectivity index (χ2n) is 6.80. The molecular formula is C21H23N5O3. The number of amides is 1. The van der Waals surface area contributed by atoms with Crippen LogP contribution in [0.4, 0.5) is 5.82 Å². The molecule has 8 nitrogen and oxygen atoms in total. The second-order valence-corrected chi connectivity index (χ2v) is 6.80. The predicted molar refractivity (Wildman–Crippen MR) is 111 cm³/mol. The molecule has 3 rings (SSSR count). The summed E-state index contributed by atoms with van der Waals surface area (Å²) in [6.45, 7) is 3.78. The first kappa shape index (κ1) is 20.2. The van der Waals surface area contributed by atoms with Gasteiger partial charge in [-0.2, -0.15) is 0 Å². The number of nitrogens with two attached hydrogens (primary N) is 1. The number of nitrogens with one attached hydrogen (secondary N) is 2. The third kappa shape index (κ3) is 4.33. The van der Waals surface area contributed by atoms with E-state index in [2.05, 4.69) is 20.3 Å². The van der Waals surface area contributed by atoms with E-state index < -0.39 is 5.91 Å². The molecule has 1 amide bonds. The molecule has 0 unspecified atom stereocenters. The Balaban J connectivity index is 2.28. The predicted octanol–water partition coefficient (Wildman–Crippen LogP) is 1.93. The molecule has 8 heteroatoms. The van der Waals surface area contributed by atoms with Crippen LogP contribution in [0, 0.1) is 0 Å². The lowest BCUT2D eigenvalue weighted by molar-refractivity contribution is 0.0940. The maximum absolute atomic E-state index is 12.5. The van der Waals surface area contributed by atoms with Crippen LogP contribution >= 0.6 is 0 Å². The van der Waals surface area contributed by atoms with Crippen molar-refractivity contribution >= 4 is 11.7 Å². The number of nitrogen functional groups attached to an aromatic ring is 1. The molecule has 2 aromatic heterocycles. The monoisotopic (exact) mass is 393 g/mol. The Hall–Kier alpha value is -3.52. The molecule has 150 valence electrons.